The quantitative estimate of drug-likeness (QED) is 0.919. The zero-order valence-corrected chi connectivity index (χ0v) is 15.4. The van der Waals surface area contributed by atoms with Gasteiger partial charge >= 0.3 is 0 Å². The van der Waals surface area contributed by atoms with Crippen LogP contribution in [0.5, 0.6) is 23.0 Å². The van der Waals surface area contributed by atoms with Gasteiger partial charge in [0.25, 0.3) is 0 Å². The summed E-state index contributed by atoms with van der Waals surface area (Å²) in [6.07, 6.45) is 0.915. The summed E-state index contributed by atoms with van der Waals surface area (Å²) in [4.78, 5) is 2.29. The molecule has 0 saturated carbocycles. The Morgan fingerprint density at radius 2 is 1.76 bits per heavy atom. The summed E-state index contributed by atoms with van der Waals surface area (Å²) in [6, 6.07) is 7.77. The first-order valence-electron chi connectivity index (χ1n) is 8.37. The van der Waals surface area contributed by atoms with Crippen molar-refractivity contribution in [3.05, 3.63) is 35.4 Å². The van der Waals surface area contributed by atoms with Crippen molar-refractivity contribution in [2.45, 2.75) is 19.4 Å². The van der Waals surface area contributed by atoms with E-state index in [1.807, 2.05) is 24.3 Å². The smallest absolute Gasteiger partial charge is 0.166 e. The molecule has 0 aliphatic carbocycles. The topological polar surface area (TPSA) is 51.2 Å². The van der Waals surface area contributed by atoms with E-state index in [0.717, 1.165) is 29.7 Å². The highest BCUT2D eigenvalue weighted by molar-refractivity contribution is 5.83. The molecule has 25 heavy (non-hydrogen) atoms. The van der Waals surface area contributed by atoms with Crippen molar-refractivity contribution in [2.24, 2.45) is 0 Å². The van der Waals surface area contributed by atoms with Crippen LogP contribution in [0.15, 0.2) is 24.3 Å². The number of fused-ring (bicyclic) bond motifs is 1. The average molecular weight is 343 g/mol. The molecule has 1 aliphatic rings. The van der Waals surface area contributed by atoms with E-state index < -0.39 is 0 Å². The number of phenols is 1. The predicted molar refractivity (Wildman–Crippen MR) is 97.9 cm³/mol. The van der Waals surface area contributed by atoms with Crippen molar-refractivity contribution < 1.29 is 19.3 Å². The van der Waals surface area contributed by atoms with Crippen LogP contribution in [0.3, 0.4) is 0 Å². The van der Waals surface area contributed by atoms with Gasteiger partial charge in [-0.1, -0.05) is 0 Å². The van der Waals surface area contributed by atoms with Gasteiger partial charge in [-0.3, -0.25) is 4.90 Å². The summed E-state index contributed by atoms with van der Waals surface area (Å²) in [5, 5.41) is 10.9. The molecule has 1 atom stereocenters. The minimum Gasteiger partial charge on any atom is -0.504 e. The van der Waals surface area contributed by atoms with Gasteiger partial charge < -0.3 is 19.3 Å². The summed E-state index contributed by atoms with van der Waals surface area (Å²) in [6.45, 7) is 3.13. The molecule has 0 fully saturated rings. The Labute approximate surface area is 148 Å². The molecule has 1 N–H and O–H groups in total. The molecule has 2 aromatic rings. The maximum absolute atomic E-state index is 10.9. The van der Waals surface area contributed by atoms with E-state index in [-0.39, 0.29) is 11.8 Å². The zero-order chi connectivity index (χ0) is 18.1. The molecule has 0 aromatic heterocycles. The van der Waals surface area contributed by atoms with Crippen molar-refractivity contribution in [3.8, 4) is 34.1 Å². The predicted octanol–water partition coefficient (Wildman–Crippen LogP) is 3.63. The fraction of sp³-hybridized carbons (Fsp3) is 0.400. The van der Waals surface area contributed by atoms with Crippen LogP contribution >= 0.6 is 0 Å². The molecule has 1 unspecified atom stereocenters. The second-order valence-electron chi connectivity index (χ2n) is 6.35. The number of hydrogen-bond acceptors (Lipinski definition) is 5. The van der Waals surface area contributed by atoms with Crippen molar-refractivity contribution in [2.75, 3.05) is 34.9 Å². The maximum atomic E-state index is 10.9. The van der Waals surface area contributed by atoms with Gasteiger partial charge in [-0.05, 0) is 49.7 Å². The number of nitrogens with zero attached hydrogens (tertiary/aromatic N) is 1. The Balaban J connectivity index is 2.32. The highest BCUT2D eigenvalue weighted by atomic mass is 16.5. The van der Waals surface area contributed by atoms with E-state index in [2.05, 4.69) is 18.9 Å². The number of phenolic OH excluding ortho intramolecular Hbond substituents is 1. The Kier molecular flexibility index (Phi) is 4.77. The number of benzene rings is 2. The van der Waals surface area contributed by atoms with Crippen LogP contribution in [0.1, 0.15) is 24.1 Å². The third-order valence-corrected chi connectivity index (χ3v) is 5.10. The second kappa shape index (κ2) is 6.84. The van der Waals surface area contributed by atoms with Gasteiger partial charge in [-0.15, -0.1) is 0 Å². The number of rotatable bonds is 4. The van der Waals surface area contributed by atoms with Gasteiger partial charge in [-0.2, -0.15) is 0 Å². The van der Waals surface area contributed by atoms with Crippen molar-refractivity contribution in [1.82, 2.24) is 4.90 Å². The van der Waals surface area contributed by atoms with E-state index in [1.54, 1.807) is 21.3 Å². The summed E-state index contributed by atoms with van der Waals surface area (Å²) in [5.74, 6) is 2.00. The SMILES string of the molecule is COc1ccc(-c2c(O)c(OC)cc3c2C(C)N(C)CC3)c(OC)c1. The molecule has 0 saturated heterocycles. The maximum Gasteiger partial charge on any atom is 0.166 e. The molecule has 2 aromatic carbocycles. The number of hydrogen-bond donors (Lipinski definition) is 1. The Morgan fingerprint density at radius 3 is 2.40 bits per heavy atom. The van der Waals surface area contributed by atoms with Crippen LogP contribution in [-0.2, 0) is 6.42 Å². The van der Waals surface area contributed by atoms with E-state index >= 15 is 0 Å². The van der Waals surface area contributed by atoms with E-state index in [0.29, 0.717) is 17.2 Å². The second-order valence-corrected chi connectivity index (χ2v) is 6.35. The lowest BCUT2D eigenvalue weighted by molar-refractivity contribution is 0.246. The van der Waals surface area contributed by atoms with Gasteiger partial charge in [0.1, 0.15) is 11.5 Å². The van der Waals surface area contributed by atoms with Gasteiger partial charge in [-0.25, -0.2) is 0 Å². The lowest BCUT2D eigenvalue weighted by Crippen LogP contribution is -2.31. The molecule has 0 spiro atoms. The van der Waals surface area contributed by atoms with Crippen LogP contribution < -0.4 is 14.2 Å². The van der Waals surface area contributed by atoms with Crippen molar-refractivity contribution in [3.63, 3.8) is 0 Å². The molecule has 5 heteroatoms. The van der Waals surface area contributed by atoms with E-state index in [9.17, 15) is 5.11 Å². The van der Waals surface area contributed by atoms with Gasteiger partial charge in [0.2, 0.25) is 0 Å². The average Bonchev–Trinajstić information content (AvgIpc) is 2.64. The Hall–Kier alpha value is -2.40. The summed E-state index contributed by atoms with van der Waals surface area (Å²) in [7, 11) is 6.92. The first-order valence-corrected chi connectivity index (χ1v) is 8.37. The largest absolute Gasteiger partial charge is 0.504 e. The third kappa shape index (κ3) is 2.89. The molecule has 0 radical (unpaired) electrons. The number of likely N-dealkylation sites (N-methyl/N-ethyl adjacent to an activating group) is 1. The molecule has 5 nitrogen and oxygen atoms in total. The first-order chi connectivity index (χ1) is 12.0. The minimum atomic E-state index is 0.145. The normalized spacial score (nSPS) is 17.1. The number of ether oxygens (including phenoxy) is 3. The molecule has 134 valence electrons. The third-order valence-electron chi connectivity index (χ3n) is 5.10. The highest BCUT2D eigenvalue weighted by Gasteiger charge is 2.29. The van der Waals surface area contributed by atoms with Gasteiger partial charge in [0.05, 0.1) is 21.3 Å². The highest BCUT2D eigenvalue weighted by Crippen LogP contribution is 2.49. The Bertz CT molecular complexity index is 788. The fourth-order valence-corrected chi connectivity index (χ4v) is 3.54. The van der Waals surface area contributed by atoms with Gasteiger partial charge in [0, 0.05) is 29.8 Å². The van der Waals surface area contributed by atoms with Crippen LogP contribution in [0, 0.1) is 0 Å². The molecular weight excluding hydrogens is 318 g/mol. The molecule has 3 rings (SSSR count). The number of methoxy groups -OCH3 is 3. The van der Waals surface area contributed by atoms with Crippen LogP contribution in [0.4, 0.5) is 0 Å². The molecule has 1 heterocycles. The molecule has 0 amide bonds. The van der Waals surface area contributed by atoms with Crippen LogP contribution in [0.2, 0.25) is 0 Å². The molecule has 1 aliphatic heterocycles. The summed E-state index contributed by atoms with van der Waals surface area (Å²) < 4.78 is 16.3. The fourth-order valence-electron chi connectivity index (χ4n) is 3.54. The minimum absolute atomic E-state index is 0.145. The lowest BCUT2D eigenvalue weighted by atomic mass is 9.85. The van der Waals surface area contributed by atoms with E-state index in [1.165, 1.54) is 5.56 Å². The number of aromatic hydroxyl groups is 1. The standard InChI is InChI=1S/C20H25NO4/c1-12-18-13(8-9-21(12)2)10-17(25-5)20(22)19(18)15-7-6-14(23-3)11-16(15)24-4/h6-7,10-12,22H,8-9H2,1-5H3. The van der Waals surface area contributed by atoms with Gasteiger partial charge in [0.15, 0.2) is 11.5 Å². The van der Waals surface area contributed by atoms with Crippen LogP contribution in [0.25, 0.3) is 11.1 Å². The first kappa shape index (κ1) is 17.4. The van der Waals surface area contributed by atoms with Crippen LogP contribution in [-0.4, -0.2) is 44.9 Å². The molecule has 0 bridgehead atoms. The van der Waals surface area contributed by atoms with Crippen molar-refractivity contribution in [1.29, 1.82) is 0 Å². The van der Waals surface area contributed by atoms with Crippen molar-refractivity contribution >= 4 is 0 Å². The Morgan fingerprint density at radius 1 is 1.04 bits per heavy atom. The monoisotopic (exact) mass is 343 g/mol. The summed E-state index contributed by atoms with van der Waals surface area (Å²) >= 11 is 0. The summed E-state index contributed by atoms with van der Waals surface area (Å²) in [5.41, 5.74) is 3.93. The zero-order valence-electron chi connectivity index (χ0n) is 15.4. The molecular formula is C20H25NO4. The van der Waals surface area contributed by atoms with E-state index in [4.69, 9.17) is 14.2 Å². The lowest BCUT2D eigenvalue weighted by Gasteiger charge is -2.34.